The van der Waals surface area contributed by atoms with Crippen molar-refractivity contribution >= 4 is 28.7 Å². The van der Waals surface area contributed by atoms with E-state index in [0.717, 1.165) is 10.9 Å². The van der Waals surface area contributed by atoms with Gasteiger partial charge in [0.1, 0.15) is 11.6 Å². The first kappa shape index (κ1) is 18.5. The van der Waals surface area contributed by atoms with Crippen molar-refractivity contribution in [2.75, 3.05) is 6.61 Å². The first-order chi connectivity index (χ1) is 13.0. The van der Waals surface area contributed by atoms with E-state index >= 15 is 0 Å². The van der Waals surface area contributed by atoms with E-state index in [1.807, 2.05) is 0 Å². The number of aromatic nitrogens is 1. The van der Waals surface area contributed by atoms with Crippen molar-refractivity contribution in [1.29, 1.82) is 0 Å². The molecule has 5 nitrogen and oxygen atoms in total. The third-order valence-corrected chi connectivity index (χ3v) is 4.01. The number of nitrogens with zero attached hydrogens (tertiary/aromatic N) is 1. The molecule has 1 aromatic heterocycles. The molecule has 0 saturated carbocycles. The average Bonchev–Trinajstić information content (AvgIpc) is 2.99. The van der Waals surface area contributed by atoms with Crippen LogP contribution in [0.25, 0.3) is 17.0 Å². The van der Waals surface area contributed by atoms with E-state index < -0.39 is 5.97 Å². The molecule has 1 N–H and O–H groups in total. The molecule has 0 aliphatic carbocycles. The lowest BCUT2D eigenvalue weighted by atomic mass is 10.1. The van der Waals surface area contributed by atoms with Gasteiger partial charge < -0.3 is 14.4 Å². The van der Waals surface area contributed by atoms with Gasteiger partial charge in [-0.25, -0.2) is 4.39 Å². The largest absolute Gasteiger partial charge is 0.427 e. The normalized spacial score (nSPS) is 11.2. The number of hydrogen-bond donors (Lipinski definition) is 1. The topological polar surface area (TPSA) is 68.5 Å². The summed E-state index contributed by atoms with van der Waals surface area (Å²) in [5, 5.41) is 10.1. The fourth-order valence-corrected chi connectivity index (χ4v) is 2.85. The minimum absolute atomic E-state index is 0.128. The van der Waals surface area contributed by atoms with Crippen LogP contribution in [0.1, 0.15) is 23.0 Å². The van der Waals surface area contributed by atoms with Crippen molar-refractivity contribution < 1.29 is 23.8 Å². The average molecular weight is 367 g/mol. The summed E-state index contributed by atoms with van der Waals surface area (Å²) in [5.74, 6) is -0.636. The molecule has 0 unspecified atom stereocenters. The number of benzene rings is 2. The van der Waals surface area contributed by atoms with E-state index in [2.05, 4.69) is 0 Å². The second-order valence-corrected chi connectivity index (χ2v) is 5.97. The summed E-state index contributed by atoms with van der Waals surface area (Å²) in [6.45, 7) is 1.44. The predicted octanol–water partition coefficient (Wildman–Crippen LogP) is 3.59. The molecular weight excluding hydrogens is 349 g/mol. The third kappa shape index (κ3) is 4.30. The standard InChI is InChI=1S/C21H18FNO4/c1-14(25)27-18-7-8-19-16(12-18)13-20(23(19)10-11-24)21(26)9-4-15-2-5-17(22)6-3-15/h2-9,12-13,24H,10-11H2,1H3/b9-4+. The molecule has 0 saturated heterocycles. The number of halogens is 1. The molecule has 27 heavy (non-hydrogen) atoms. The van der Waals surface area contributed by atoms with E-state index in [1.54, 1.807) is 47.0 Å². The van der Waals surface area contributed by atoms with Gasteiger partial charge in [0.2, 0.25) is 5.78 Å². The molecule has 3 rings (SSSR count). The van der Waals surface area contributed by atoms with E-state index in [9.17, 15) is 19.1 Å². The van der Waals surface area contributed by atoms with Crippen LogP contribution in [0.4, 0.5) is 4.39 Å². The summed E-state index contributed by atoms with van der Waals surface area (Å²) in [4.78, 5) is 23.8. The lowest BCUT2D eigenvalue weighted by Gasteiger charge is -2.07. The van der Waals surface area contributed by atoms with Crippen molar-refractivity contribution in [2.24, 2.45) is 0 Å². The van der Waals surface area contributed by atoms with Crippen molar-refractivity contribution in [2.45, 2.75) is 13.5 Å². The molecule has 0 radical (unpaired) electrons. The molecule has 138 valence electrons. The van der Waals surface area contributed by atoms with Crippen molar-refractivity contribution in [3.63, 3.8) is 0 Å². The highest BCUT2D eigenvalue weighted by molar-refractivity contribution is 6.08. The van der Waals surface area contributed by atoms with Gasteiger partial charge in [-0.15, -0.1) is 0 Å². The van der Waals surface area contributed by atoms with Gasteiger partial charge >= 0.3 is 5.97 Å². The van der Waals surface area contributed by atoms with Gasteiger partial charge in [-0.1, -0.05) is 18.2 Å². The number of esters is 1. The lowest BCUT2D eigenvalue weighted by molar-refractivity contribution is -0.131. The van der Waals surface area contributed by atoms with Gasteiger partial charge in [0.25, 0.3) is 0 Å². The van der Waals surface area contributed by atoms with Crippen LogP contribution in [0.15, 0.2) is 54.6 Å². The Labute approximate surface area is 155 Å². The lowest BCUT2D eigenvalue weighted by Crippen LogP contribution is -2.09. The number of ketones is 1. The Bertz CT molecular complexity index is 1020. The summed E-state index contributed by atoms with van der Waals surface area (Å²) in [6.07, 6.45) is 3.01. The maximum atomic E-state index is 13.0. The SMILES string of the molecule is CC(=O)Oc1ccc2c(c1)cc(C(=O)/C=C/c1ccc(F)cc1)n2CCO. The van der Waals surface area contributed by atoms with Crippen LogP contribution >= 0.6 is 0 Å². The second-order valence-electron chi connectivity index (χ2n) is 5.97. The molecule has 0 spiro atoms. The summed E-state index contributed by atoms with van der Waals surface area (Å²) in [7, 11) is 0. The monoisotopic (exact) mass is 367 g/mol. The molecule has 0 aliphatic rings. The summed E-state index contributed by atoms with van der Waals surface area (Å²) >= 11 is 0. The number of hydrogen-bond acceptors (Lipinski definition) is 4. The highest BCUT2D eigenvalue weighted by Crippen LogP contribution is 2.25. The molecule has 0 atom stereocenters. The number of aliphatic hydroxyl groups is 1. The Kier molecular flexibility index (Phi) is 5.47. The maximum Gasteiger partial charge on any atom is 0.308 e. The van der Waals surface area contributed by atoms with Gasteiger partial charge in [-0.2, -0.15) is 0 Å². The van der Waals surface area contributed by atoms with E-state index in [4.69, 9.17) is 4.74 Å². The van der Waals surface area contributed by atoms with Crippen LogP contribution in [0.2, 0.25) is 0 Å². The van der Waals surface area contributed by atoms with E-state index in [1.165, 1.54) is 25.1 Å². The molecule has 0 aliphatic heterocycles. The number of ether oxygens (including phenoxy) is 1. The summed E-state index contributed by atoms with van der Waals surface area (Å²) in [5.41, 5.74) is 1.85. The zero-order chi connectivity index (χ0) is 19.4. The molecular formula is C21H18FNO4. The molecule has 3 aromatic rings. The minimum atomic E-state index is -0.428. The molecule has 1 heterocycles. The third-order valence-electron chi connectivity index (χ3n) is 4.01. The van der Waals surface area contributed by atoms with Crippen molar-refractivity contribution in [3.05, 3.63) is 71.7 Å². The fraction of sp³-hybridized carbons (Fsp3) is 0.143. The number of carbonyl (C=O) groups excluding carboxylic acids is 2. The summed E-state index contributed by atoms with van der Waals surface area (Å²) in [6, 6.07) is 12.5. The number of carbonyl (C=O) groups is 2. The van der Waals surface area contributed by atoms with E-state index in [0.29, 0.717) is 17.0 Å². The number of allylic oxidation sites excluding steroid dienone is 1. The zero-order valence-corrected chi connectivity index (χ0v) is 14.7. The highest BCUT2D eigenvalue weighted by Gasteiger charge is 2.14. The van der Waals surface area contributed by atoms with Gasteiger partial charge in [-0.3, -0.25) is 9.59 Å². The van der Waals surface area contributed by atoms with Crippen LogP contribution in [0, 0.1) is 5.82 Å². The first-order valence-corrected chi connectivity index (χ1v) is 8.38. The van der Waals surface area contributed by atoms with Crippen molar-refractivity contribution in [3.8, 4) is 5.75 Å². The zero-order valence-electron chi connectivity index (χ0n) is 14.7. The van der Waals surface area contributed by atoms with Crippen LogP contribution in [0.3, 0.4) is 0 Å². The Hall–Kier alpha value is -3.25. The Morgan fingerprint density at radius 3 is 2.56 bits per heavy atom. The highest BCUT2D eigenvalue weighted by atomic mass is 19.1. The van der Waals surface area contributed by atoms with Gasteiger partial charge in [0.15, 0.2) is 0 Å². The summed E-state index contributed by atoms with van der Waals surface area (Å²) < 4.78 is 19.8. The Morgan fingerprint density at radius 2 is 1.89 bits per heavy atom. The maximum absolute atomic E-state index is 13.0. The minimum Gasteiger partial charge on any atom is -0.427 e. The van der Waals surface area contributed by atoms with Crippen LogP contribution in [-0.4, -0.2) is 28.0 Å². The van der Waals surface area contributed by atoms with Crippen LogP contribution < -0.4 is 4.74 Å². The van der Waals surface area contributed by atoms with Crippen LogP contribution in [-0.2, 0) is 11.3 Å². The molecule has 0 bridgehead atoms. The first-order valence-electron chi connectivity index (χ1n) is 8.38. The molecule has 2 aromatic carbocycles. The van der Waals surface area contributed by atoms with Gasteiger partial charge in [0.05, 0.1) is 12.3 Å². The van der Waals surface area contributed by atoms with Crippen LogP contribution in [0.5, 0.6) is 5.75 Å². The quantitative estimate of drug-likeness (QED) is 0.313. The fourth-order valence-electron chi connectivity index (χ4n) is 2.85. The van der Waals surface area contributed by atoms with Gasteiger partial charge in [0, 0.05) is 24.4 Å². The smallest absolute Gasteiger partial charge is 0.308 e. The number of rotatable bonds is 6. The molecule has 0 fully saturated rings. The Balaban J connectivity index is 1.95. The van der Waals surface area contributed by atoms with E-state index in [-0.39, 0.29) is 24.8 Å². The van der Waals surface area contributed by atoms with Gasteiger partial charge in [-0.05, 0) is 48.0 Å². The predicted molar refractivity (Wildman–Crippen MR) is 100 cm³/mol. The number of fused-ring (bicyclic) bond motifs is 1. The Morgan fingerprint density at radius 1 is 1.15 bits per heavy atom. The second kappa shape index (κ2) is 7.97. The molecule has 0 amide bonds. The number of aliphatic hydroxyl groups excluding tert-OH is 1. The van der Waals surface area contributed by atoms with Crippen molar-refractivity contribution in [1.82, 2.24) is 4.57 Å². The molecule has 6 heteroatoms.